The van der Waals surface area contributed by atoms with Gasteiger partial charge in [-0.15, -0.1) is 0 Å². The van der Waals surface area contributed by atoms with Gasteiger partial charge in [-0.1, -0.05) is 6.07 Å². The summed E-state index contributed by atoms with van der Waals surface area (Å²) in [5, 5.41) is 7.62. The van der Waals surface area contributed by atoms with Crippen molar-refractivity contribution in [3.05, 3.63) is 40.4 Å². The fourth-order valence-corrected chi connectivity index (χ4v) is 2.28. The van der Waals surface area contributed by atoms with Gasteiger partial charge in [0.15, 0.2) is 0 Å². The van der Waals surface area contributed by atoms with E-state index in [0.29, 0.717) is 0 Å². The van der Waals surface area contributed by atoms with E-state index >= 15 is 0 Å². The van der Waals surface area contributed by atoms with Gasteiger partial charge in [-0.25, -0.2) is 4.79 Å². The highest BCUT2D eigenvalue weighted by molar-refractivity contribution is 5.81. The molecule has 0 atom stereocenters. The first-order chi connectivity index (χ1) is 9.17. The molecule has 1 aromatic carbocycles. The number of nitrogens with one attached hydrogen (secondary N) is 3. The second-order valence-corrected chi connectivity index (χ2v) is 4.55. The third-order valence-electron chi connectivity index (χ3n) is 3.06. The van der Waals surface area contributed by atoms with E-state index in [1.807, 2.05) is 38.5 Å². The average molecular weight is 257 g/mol. The van der Waals surface area contributed by atoms with Gasteiger partial charge < -0.3 is 15.3 Å². The van der Waals surface area contributed by atoms with Gasteiger partial charge >= 0.3 is 5.69 Å². The van der Waals surface area contributed by atoms with Crippen LogP contribution in [-0.4, -0.2) is 26.8 Å². The Hall–Kier alpha value is -2.34. The lowest BCUT2D eigenvalue weighted by molar-refractivity contribution is 0.765. The predicted molar refractivity (Wildman–Crippen MR) is 73.9 cm³/mol. The zero-order valence-electron chi connectivity index (χ0n) is 10.8. The number of fused-ring (bicyclic) bond motifs is 1. The summed E-state index contributed by atoms with van der Waals surface area (Å²) < 4.78 is 1.80. The van der Waals surface area contributed by atoms with Crippen LogP contribution in [-0.2, 0) is 13.6 Å². The molecule has 0 saturated heterocycles. The van der Waals surface area contributed by atoms with Crippen molar-refractivity contribution in [1.82, 2.24) is 25.1 Å². The molecule has 0 bridgehead atoms. The van der Waals surface area contributed by atoms with Gasteiger partial charge in [0.1, 0.15) is 0 Å². The van der Waals surface area contributed by atoms with Gasteiger partial charge in [-0.05, 0) is 19.2 Å². The van der Waals surface area contributed by atoms with Gasteiger partial charge in [-0.2, -0.15) is 5.10 Å². The number of nitrogens with zero attached hydrogens (tertiary/aromatic N) is 2. The molecule has 2 heterocycles. The fraction of sp³-hybridized carbons (Fsp3) is 0.231. The Morgan fingerprint density at radius 3 is 2.89 bits per heavy atom. The number of aromatic amines is 2. The van der Waals surface area contributed by atoms with Crippen molar-refractivity contribution in [1.29, 1.82) is 0 Å². The monoisotopic (exact) mass is 257 g/mol. The van der Waals surface area contributed by atoms with Crippen molar-refractivity contribution in [2.24, 2.45) is 7.05 Å². The van der Waals surface area contributed by atoms with E-state index in [0.717, 1.165) is 34.4 Å². The smallest absolute Gasteiger partial charge is 0.316 e. The van der Waals surface area contributed by atoms with Crippen LogP contribution in [0, 0.1) is 0 Å². The third kappa shape index (κ3) is 2.06. The molecule has 0 spiro atoms. The molecule has 0 aliphatic rings. The number of benzene rings is 1. The molecule has 0 unspecified atom stereocenters. The molecule has 6 nitrogen and oxygen atoms in total. The molecule has 19 heavy (non-hydrogen) atoms. The van der Waals surface area contributed by atoms with Crippen LogP contribution in [0.2, 0.25) is 0 Å². The third-order valence-corrected chi connectivity index (χ3v) is 3.06. The van der Waals surface area contributed by atoms with E-state index in [1.54, 1.807) is 4.68 Å². The molecule has 98 valence electrons. The zero-order valence-corrected chi connectivity index (χ0v) is 10.8. The van der Waals surface area contributed by atoms with Crippen LogP contribution in [0.25, 0.3) is 22.3 Å². The number of aryl methyl sites for hydroxylation is 1. The van der Waals surface area contributed by atoms with Gasteiger partial charge in [-0.3, -0.25) is 4.68 Å². The van der Waals surface area contributed by atoms with E-state index in [-0.39, 0.29) is 5.69 Å². The number of rotatable bonds is 3. The largest absolute Gasteiger partial charge is 0.323 e. The van der Waals surface area contributed by atoms with Crippen LogP contribution >= 0.6 is 0 Å². The number of aromatic nitrogens is 4. The lowest BCUT2D eigenvalue weighted by atomic mass is 10.1. The van der Waals surface area contributed by atoms with E-state index in [1.165, 1.54) is 0 Å². The Labute approximate surface area is 109 Å². The van der Waals surface area contributed by atoms with Crippen molar-refractivity contribution in [2.45, 2.75) is 6.54 Å². The minimum absolute atomic E-state index is 0.191. The first-order valence-corrected chi connectivity index (χ1v) is 6.07. The quantitative estimate of drug-likeness (QED) is 0.654. The van der Waals surface area contributed by atoms with Gasteiger partial charge in [0.25, 0.3) is 0 Å². The number of hydrogen-bond acceptors (Lipinski definition) is 3. The van der Waals surface area contributed by atoms with Crippen molar-refractivity contribution in [3.8, 4) is 11.3 Å². The molecule has 0 fully saturated rings. The normalized spacial score (nSPS) is 11.3. The standard InChI is InChI=1S/C13H15N5O/c1-14-6-9-7-18(2)17-12(9)8-3-4-10-11(5-8)16-13(19)15-10/h3-5,7,14H,6H2,1-2H3,(H2,15,16,19). The van der Waals surface area contributed by atoms with Crippen LogP contribution in [0.5, 0.6) is 0 Å². The Bertz CT molecular complexity index is 780. The molecule has 3 aromatic rings. The molecule has 0 radical (unpaired) electrons. The van der Waals surface area contributed by atoms with Crippen molar-refractivity contribution >= 4 is 11.0 Å². The molecule has 0 aliphatic heterocycles. The molecule has 0 saturated carbocycles. The van der Waals surface area contributed by atoms with E-state index in [9.17, 15) is 4.79 Å². The second kappa shape index (κ2) is 4.40. The maximum Gasteiger partial charge on any atom is 0.323 e. The van der Waals surface area contributed by atoms with Gasteiger partial charge in [0, 0.05) is 30.9 Å². The highest BCUT2D eigenvalue weighted by Crippen LogP contribution is 2.24. The summed E-state index contributed by atoms with van der Waals surface area (Å²) in [6, 6.07) is 5.79. The SMILES string of the molecule is CNCc1cn(C)nc1-c1ccc2[nH]c(=O)[nH]c2c1. The highest BCUT2D eigenvalue weighted by Gasteiger charge is 2.10. The lowest BCUT2D eigenvalue weighted by Gasteiger charge is -2.01. The molecule has 2 aromatic heterocycles. The predicted octanol–water partition coefficient (Wildman–Crippen LogP) is 0.976. The van der Waals surface area contributed by atoms with Crippen LogP contribution in [0.4, 0.5) is 0 Å². The number of H-pyrrole nitrogens is 2. The summed E-state index contributed by atoms with van der Waals surface area (Å²) in [4.78, 5) is 16.8. The Morgan fingerprint density at radius 1 is 1.32 bits per heavy atom. The topological polar surface area (TPSA) is 78.5 Å². The number of imidazole rings is 1. The fourth-order valence-electron chi connectivity index (χ4n) is 2.28. The Balaban J connectivity index is 2.15. The highest BCUT2D eigenvalue weighted by atomic mass is 16.1. The lowest BCUT2D eigenvalue weighted by Crippen LogP contribution is -2.05. The van der Waals surface area contributed by atoms with Crippen molar-refractivity contribution in [2.75, 3.05) is 7.05 Å². The molecule has 0 aliphatic carbocycles. The van der Waals surface area contributed by atoms with Crippen LogP contribution in [0.1, 0.15) is 5.56 Å². The van der Waals surface area contributed by atoms with Crippen LogP contribution in [0.3, 0.4) is 0 Å². The van der Waals surface area contributed by atoms with Crippen molar-refractivity contribution in [3.63, 3.8) is 0 Å². The molecule has 3 rings (SSSR count). The maximum absolute atomic E-state index is 11.3. The molecule has 3 N–H and O–H groups in total. The molecule has 6 heteroatoms. The summed E-state index contributed by atoms with van der Waals surface area (Å²) >= 11 is 0. The van der Waals surface area contributed by atoms with E-state index in [2.05, 4.69) is 20.4 Å². The summed E-state index contributed by atoms with van der Waals surface area (Å²) in [5.41, 5.74) is 4.46. The molecular weight excluding hydrogens is 242 g/mol. The Kier molecular flexibility index (Phi) is 2.72. The second-order valence-electron chi connectivity index (χ2n) is 4.55. The minimum atomic E-state index is -0.191. The molecular formula is C13H15N5O. The zero-order chi connectivity index (χ0) is 13.4. The Morgan fingerprint density at radius 2 is 2.11 bits per heavy atom. The summed E-state index contributed by atoms with van der Waals surface area (Å²) in [6.45, 7) is 0.755. The average Bonchev–Trinajstić information content (AvgIpc) is 2.90. The van der Waals surface area contributed by atoms with Crippen molar-refractivity contribution < 1.29 is 0 Å². The first kappa shape index (κ1) is 11.7. The summed E-state index contributed by atoms with van der Waals surface area (Å²) in [5.74, 6) is 0. The van der Waals surface area contributed by atoms with Crippen LogP contribution < -0.4 is 11.0 Å². The maximum atomic E-state index is 11.3. The minimum Gasteiger partial charge on any atom is -0.316 e. The molecule has 0 amide bonds. The summed E-state index contributed by atoms with van der Waals surface area (Å²) in [6.07, 6.45) is 2.00. The number of hydrogen-bond donors (Lipinski definition) is 3. The van der Waals surface area contributed by atoms with Gasteiger partial charge in [0.2, 0.25) is 0 Å². The van der Waals surface area contributed by atoms with Crippen LogP contribution in [0.15, 0.2) is 29.2 Å². The first-order valence-electron chi connectivity index (χ1n) is 6.07. The summed E-state index contributed by atoms with van der Waals surface area (Å²) in [7, 11) is 3.81. The van der Waals surface area contributed by atoms with E-state index in [4.69, 9.17) is 0 Å². The van der Waals surface area contributed by atoms with E-state index < -0.39 is 0 Å². The van der Waals surface area contributed by atoms with Gasteiger partial charge in [0.05, 0.1) is 16.7 Å².